The van der Waals surface area contributed by atoms with Crippen molar-refractivity contribution in [3.63, 3.8) is 0 Å². The Morgan fingerprint density at radius 1 is 1.25 bits per heavy atom. The lowest BCUT2D eigenvalue weighted by Gasteiger charge is -2.32. The van der Waals surface area contributed by atoms with Crippen LogP contribution >= 0.6 is 0 Å². The number of methoxy groups -OCH3 is 1. The second-order valence-electron chi connectivity index (χ2n) is 7.30. The van der Waals surface area contributed by atoms with E-state index < -0.39 is 0 Å². The summed E-state index contributed by atoms with van der Waals surface area (Å²) < 4.78 is 23.5. The van der Waals surface area contributed by atoms with Crippen molar-refractivity contribution in [2.75, 3.05) is 20.2 Å². The van der Waals surface area contributed by atoms with E-state index in [1.54, 1.807) is 31.8 Å². The molecule has 0 N–H and O–H groups in total. The molecule has 0 amide bonds. The smallest absolute Gasteiger partial charge is 0.152 e. The molecule has 3 aromatic rings. The zero-order valence-corrected chi connectivity index (χ0v) is 16.3. The molecule has 1 fully saturated rings. The molecule has 0 unspecified atom stereocenters. The Morgan fingerprint density at radius 3 is 2.93 bits per heavy atom. The third kappa shape index (κ3) is 3.91. The molecular formula is C20H25FN6O. The number of rotatable bonds is 6. The lowest BCUT2D eigenvalue weighted by atomic mass is 9.96. The van der Waals surface area contributed by atoms with E-state index in [2.05, 4.69) is 24.6 Å². The van der Waals surface area contributed by atoms with Crippen LogP contribution in [0.25, 0.3) is 0 Å². The van der Waals surface area contributed by atoms with Crippen LogP contribution in [0, 0.1) is 5.82 Å². The highest BCUT2D eigenvalue weighted by atomic mass is 19.1. The molecule has 1 atom stereocenters. The Balaban J connectivity index is 1.46. The SMILES string of the molecule is COc1ccc(F)c(CN2CCC[C@H](c3nnc(Cn4ccnc4)n3C)C2)c1. The minimum Gasteiger partial charge on any atom is -0.497 e. The number of hydrogen-bond acceptors (Lipinski definition) is 5. The van der Waals surface area contributed by atoms with Gasteiger partial charge in [0.2, 0.25) is 0 Å². The largest absolute Gasteiger partial charge is 0.497 e. The number of hydrogen-bond donors (Lipinski definition) is 0. The monoisotopic (exact) mass is 384 g/mol. The van der Waals surface area contributed by atoms with Crippen LogP contribution in [0.4, 0.5) is 4.39 Å². The standard InChI is InChI=1S/C20H25FN6O/c1-25-19(13-27-9-7-22-14-27)23-24-20(25)15-4-3-8-26(11-15)12-16-10-17(28-2)5-6-18(16)21/h5-7,9-10,14-15H,3-4,8,11-13H2,1-2H3/t15-/m0/s1. The maximum Gasteiger partial charge on any atom is 0.152 e. The average molecular weight is 384 g/mol. The third-order valence-electron chi connectivity index (χ3n) is 5.40. The van der Waals surface area contributed by atoms with E-state index in [4.69, 9.17) is 4.74 Å². The Labute approximate surface area is 163 Å². The van der Waals surface area contributed by atoms with Crippen molar-refractivity contribution in [2.24, 2.45) is 7.05 Å². The number of nitrogens with zero attached hydrogens (tertiary/aromatic N) is 6. The first-order valence-electron chi connectivity index (χ1n) is 9.52. The van der Waals surface area contributed by atoms with Gasteiger partial charge in [-0.15, -0.1) is 10.2 Å². The number of halogens is 1. The van der Waals surface area contributed by atoms with Gasteiger partial charge in [-0.25, -0.2) is 9.37 Å². The predicted molar refractivity (Wildman–Crippen MR) is 103 cm³/mol. The number of benzene rings is 1. The van der Waals surface area contributed by atoms with Gasteiger partial charge in [0, 0.05) is 44.0 Å². The number of piperidine rings is 1. The summed E-state index contributed by atoms with van der Waals surface area (Å²) >= 11 is 0. The normalized spacial score (nSPS) is 17.8. The first-order valence-corrected chi connectivity index (χ1v) is 9.52. The second-order valence-corrected chi connectivity index (χ2v) is 7.30. The van der Waals surface area contributed by atoms with Gasteiger partial charge in [-0.3, -0.25) is 4.90 Å². The van der Waals surface area contributed by atoms with Crippen molar-refractivity contribution in [1.29, 1.82) is 0 Å². The molecule has 0 bridgehead atoms. The van der Waals surface area contributed by atoms with Gasteiger partial charge in [-0.05, 0) is 37.6 Å². The number of ether oxygens (including phenoxy) is 1. The van der Waals surface area contributed by atoms with Crippen LogP contribution in [0.1, 0.15) is 36.0 Å². The molecule has 0 saturated carbocycles. The molecule has 1 aliphatic rings. The third-order valence-corrected chi connectivity index (χ3v) is 5.40. The van der Waals surface area contributed by atoms with Crippen molar-refractivity contribution < 1.29 is 9.13 Å². The van der Waals surface area contributed by atoms with E-state index in [0.29, 0.717) is 24.4 Å². The summed E-state index contributed by atoms with van der Waals surface area (Å²) in [4.78, 5) is 6.36. The topological polar surface area (TPSA) is 61.0 Å². The van der Waals surface area contributed by atoms with Gasteiger partial charge < -0.3 is 13.9 Å². The van der Waals surface area contributed by atoms with Crippen molar-refractivity contribution in [1.82, 2.24) is 29.2 Å². The first-order chi connectivity index (χ1) is 13.6. The van der Waals surface area contributed by atoms with Crippen molar-refractivity contribution >= 4 is 0 Å². The molecule has 1 saturated heterocycles. The van der Waals surface area contributed by atoms with Crippen LogP contribution in [0.3, 0.4) is 0 Å². The van der Waals surface area contributed by atoms with Crippen LogP contribution in [-0.2, 0) is 20.1 Å². The van der Waals surface area contributed by atoms with Crippen LogP contribution in [0.2, 0.25) is 0 Å². The predicted octanol–water partition coefficient (Wildman–Crippen LogP) is 2.59. The van der Waals surface area contributed by atoms with Gasteiger partial charge in [-0.2, -0.15) is 0 Å². The van der Waals surface area contributed by atoms with E-state index in [1.165, 1.54) is 6.07 Å². The molecule has 4 rings (SSSR count). The Kier molecular flexibility index (Phi) is 5.38. The van der Waals surface area contributed by atoms with E-state index >= 15 is 0 Å². The molecule has 7 nitrogen and oxygen atoms in total. The fourth-order valence-electron chi connectivity index (χ4n) is 3.86. The maximum atomic E-state index is 14.2. The highest BCUT2D eigenvalue weighted by molar-refractivity contribution is 5.29. The highest BCUT2D eigenvalue weighted by Crippen LogP contribution is 2.28. The van der Waals surface area contributed by atoms with Crippen LogP contribution in [0.15, 0.2) is 36.9 Å². The van der Waals surface area contributed by atoms with Crippen molar-refractivity contribution in [2.45, 2.75) is 31.8 Å². The molecule has 0 aliphatic carbocycles. The molecule has 2 aromatic heterocycles. The van der Waals surface area contributed by atoms with Gasteiger partial charge >= 0.3 is 0 Å². The summed E-state index contributed by atoms with van der Waals surface area (Å²) in [5.74, 6) is 2.68. The van der Waals surface area contributed by atoms with Crippen LogP contribution in [0.5, 0.6) is 5.75 Å². The van der Waals surface area contributed by atoms with Crippen molar-refractivity contribution in [3.8, 4) is 5.75 Å². The number of aromatic nitrogens is 5. The highest BCUT2D eigenvalue weighted by Gasteiger charge is 2.26. The van der Waals surface area contributed by atoms with Gasteiger partial charge in [0.15, 0.2) is 5.82 Å². The summed E-state index contributed by atoms with van der Waals surface area (Å²) in [5, 5.41) is 8.85. The summed E-state index contributed by atoms with van der Waals surface area (Å²) in [6.45, 7) is 3.01. The summed E-state index contributed by atoms with van der Waals surface area (Å²) in [5.41, 5.74) is 0.666. The van der Waals surface area contributed by atoms with E-state index in [0.717, 1.165) is 37.6 Å². The van der Waals surface area contributed by atoms with Gasteiger partial charge in [0.1, 0.15) is 17.4 Å². The van der Waals surface area contributed by atoms with Crippen molar-refractivity contribution in [3.05, 3.63) is 59.9 Å². The fourth-order valence-corrected chi connectivity index (χ4v) is 3.86. The molecule has 3 heterocycles. The molecular weight excluding hydrogens is 359 g/mol. The summed E-state index contributed by atoms with van der Waals surface area (Å²) in [6.07, 6.45) is 7.57. The lowest BCUT2D eigenvalue weighted by molar-refractivity contribution is 0.192. The van der Waals surface area contributed by atoms with E-state index in [1.807, 2.05) is 17.8 Å². The van der Waals surface area contributed by atoms with Gasteiger partial charge in [0.05, 0.1) is 20.0 Å². The molecule has 28 heavy (non-hydrogen) atoms. The zero-order valence-electron chi connectivity index (χ0n) is 16.3. The molecule has 1 aliphatic heterocycles. The first kappa shape index (κ1) is 18.6. The molecule has 0 spiro atoms. The van der Waals surface area contributed by atoms with E-state index in [9.17, 15) is 4.39 Å². The number of likely N-dealkylation sites (tertiary alicyclic amines) is 1. The minimum absolute atomic E-state index is 0.191. The number of imidazole rings is 1. The molecule has 148 valence electrons. The Morgan fingerprint density at radius 2 is 2.14 bits per heavy atom. The Bertz CT molecular complexity index is 923. The maximum absolute atomic E-state index is 14.2. The molecule has 0 radical (unpaired) electrons. The van der Waals surface area contributed by atoms with Gasteiger partial charge in [0.25, 0.3) is 0 Å². The molecule has 8 heteroatoms. The lowest BCUT2D eigenvalue weighted by Crippen LogP contribution is -2.35. The average Bonchev–Trinajstić information content (AvgIpc) is 3.34. The van der Waals surface area contributed by atoms with Crippen LogP contribution in [-0.4, -0.2) is 49.4 Å². The zero-order chi connectivity index (χ0) is 19.5. The quantitative estimate of drug-likeness (QED) is 0.654. The fraction of sp³-hybridized carbons (Fsp3) is 0.450. The molecule has 1 aromatic carbocycles. The van der Waals surface area contributed by atoms with Crippen LogP contribution < -0.4 is 4.74 Å². The summed E-state index contributed by atoms with van der Waals surface area (Å²) in [7, 11) is 3.62. The second kappa shape index (κ2) is 8.10. The summed E-state index contributed by atoms with van der Waals surface area (Å²) in [6, 6.07) is 4.91. The minimum atomic E-state index is -0.191. The Hall–Kier alpha value is -2.74. The van der Waals surface area contributed by atoms with E-state index in [-0.39, 0.29) is 11.7 Å². The van der Waals surface area contributed by atoms with Gasteiger partial charge in [-0.1, -0.05) is 0 Å².